The van der Waals surface area contributed by atoms with Crippen LogP contribution in [0.3, 0.4) is 0 Å². The first kappa shape index (κ1) is 44.6. The van der Waals surface area contributed by atoms with Crippen molar-refractivity contribution in [2.24, 2.45) is 22.2 Å². The summed E-state index contributed by atoms with van der Waals surface area (Å²) >= 11 is 0. The maximum Gasteiger partial charge on any atom is 0.338 e. The minimum atomic E-state index is -2.38. The molecule has 3 aliphatic carbocycles. The Morgan fingerprint density at radius 1 is 0.900 bits per heavy atom. The number of esters is 4. The van der Waals surface area contributed by atoms with Gasteiger partial charge in [0, 0.05) is 37.5 Å². The van der Waals surface area contributed by atoms with E-state index in [9.17, 15) is 39.3 Å². The summed E-state index contributed by atoms with van der Waals surface area (Å²) in [5.41, 5.74) is -8.10. The molecular weight excluding hydrogens is 778 g/mol. The third kappa shape index (κ3) is 7.32. The predicted octanol–water partition coefficient (Wildman–Crippen LogP) is 3.47. The van der Waals surface area contributed by atoms with Crippen LogP contribution in [0.25, 0.3) is 0 Å². The van der Waals surface area contributed by atoms with Crippen molar-refractivity contribution >= 4 is 35.6 Å². The fourth-order valence-electron chi connectivity index (χ4n) is 9.73. The zero-order valence-electron chi connectivity index (χ0n) is 35.3. The lowest BCUT2D eigenvalue weighted by atomic mass is 9.44. The Bertz CT molecular complexity index is 2080. The number of hydrogen-bond acceptors (Lipinski definition) is 14. The number of ether oxygens (including phenoxy) is 5. The highest BCUT2D eigenvalue weighted by molar-refractivity contribution is 5.95. The topological polar surface area (TPSA) is 221 Å². The normalized spacial score (nSPS) is 32.9. The van der Waals surface area contributed by atoms with Gasteiger partial charge in [0.2, 0.25) is 5.91 Å². The molecule has 60 heavy (non-hydrogen) atoms. The minimum absolute atomic E-state index is 0.00513. The lowest BCUT2D eigenvalue weighted by Gasteiger charge is -2.67. The van der Waals surface area contributed by atoms with Crippen molar-refractivity contribution in [3.05, 3.63) is 82.9 Å². The molecule has 3 unspecified atom stereocenters. The number of ketones is 1. The van der Waals surface area contributed by atoms with Gasteiger partial charge in [-0.05, 0) is 42.7 Å². The van der Waals surface area contributed by atoms with Crippen LogP contribution >= 0.6 is 0 Å². The van der Waals surface area contributed by atoms with Crippen molar-refractivity contribution in [3.63, 3.8) is 0 Å². The lowest BCUT2D eigenvalue weighted by Crippen LogP contribution is -2.82. The average molecular weight is 834 g/mol. The first-order valence-electron chi connectivity index (χ1n) is 20.1. The zero-order valence-corrected chi connectivity index (χ0v) is 35.3. The Kier molecular flexibility index (Phi) is 11.8. The highest BCUT2D eigenvalue weighted by Crippen LogP contribution is 2.64. The molecule has 0 spiro atoms. The van der Waals surface area contributed by atoms with Crippen LogP contribution in [0.15, 0.2) is 71.8 Å². The molecule has 2 saturated carbocycles. The van der Waals surface area contributed by atoms with E-state index in [2.05, 4.69) is 5.32 Å². The average Bonchev–Trinajstić information content (AvgIpc) is 3.17. The third-order valence-corrected chi connectivity index (χ3v) is 13.1. The van der Waals surface area contributed by atoms with Crippen LogP contribution in [0.1, 0.15) is 97.1 Å². The standard InChI is InChI=1S/C45H55NO14/c1-23-28(58-39(53)33(50)32(26-16-12-10-13-17-26)46-40(54)41(4,5)6)21-45(55)37(59-38(52)27-18-14-11-15-19-27)35-43(9,29(49)20-30-44(35,22-56-30)60-25(3)48)36(51)34(57-24(2)47)31(23)42(45,7)8/h10-19,28-30,32-35,37,49-50,55H,20-22H2,1-9H3,(H,46,54)/t28?,29-,30+,32-,33?,34-,35-,37?,43+,44-,45+/m0/s1. The third-order valence-electron chi connectivity index (χ3n) is 13.1. The molecule has 4 N–H and O–H groups in total. The van der Waals surface area contributed by atoms with Gasteiger partial charge in [-0.1, -0.05) is 83.1 Å². The van der Waals surface area contributed by atoms with Crippen molar-refractivity contribution in [2.75, 3.05) is 6.61 Å². The van der Waals surface area contributed by atoms with Crippen LogP contribution in [0.5, 0.6) is 0 Å². The highest BCUT2D eigenvalue weighted by atomic mass is 16.6. The first-order valence-corrected chi connectivity index (χ1v) is 20.1. The van der Waals surface area contributed by atoms with Crippen LogP contribution in [0.2, 0.25) is 0 Å². The number of fused-ring (bicyclic) bond motifs is 5. The van der Waals surface area contributed by atoms with Crippen LogP contribution in [-0.2, 0) is 47.7 Å². The smallest absolute Gasteiger partial charge is 0.338 e. The zero-order chi connectivity index (χ0) is 44.3. The van der Waals surface area contributed by atoms with Gasteiger partial charge in [-0.25, -0.2) is 9.59 Å². The molecule has 15 nitrogen and oxygen atoms in total. The van der Waals surface area contributed by atoms with Crippen LogP contribution in [0, 0.1) is 22.2 Å². The van der Waals surface area contributed by atoms with E-state index >= 15 is 4.79 Å². The number of benzene rings is 2. The maximum atomic E-state index is 15.4. The number of aliphatic hydroxyl groups excluding tert-OH is 2. The molecule has 0 radical (unpaired) electrons. The van der Waals surface area contributed by atoms with E-state index in [0.29, 0.717) is 5.56 Å². The van der Waals surface area contributed by atoms with Crippen molar-refractivity contribution in [1.29, 1.82) is 0 Å². The predicted molar refractivity (Wildman–Crippen MR) is 211 cm³/mol. The fourth-order valence-corrected chi connectivity index (χ4v) is 9.73. The number of amides is 1. The van der Waals surface area contributed by atoms with E-state index < -0.39 is 118 Å². The molecule has 2 bridgehead atoms. The van der Waals surface area contributed by atoms with Crippen LogP contribution < -0.4 is 5.32 Å². The summed E-state index contributed by atoms with van der Waals surface area (Å²) in [6.45, 7) is 13.0. The van der Waals surface area contributed by atoms with Crippen molar-refractivity contribution < 1.29 is 67.8 Å². The lowest BCUT2D eigenvalue weighted by molar-refractivity contribution is -0.346. The molecule has 1 amide bonds. The second-order valence-electron chi connectivity index (χ2n) is 18.2. The quantitative estimate of drug-likeness (QED) is 0.162. The van der Waals surface area contributed by atoms with E-state index in [1.807, 2.05) is 0 Å². The van der Waals surface area contributed by atoms with Crippen molar-refractivity contribution in [1.82, 2.24) is 5.32 Å². The van der Waals surface area contributed by atoms with Gasteiger partial charge in [-0.2, -0.15) is 0 Å². The van der Waals surface area contributed by atoms with E-state index in [4.69, 9.17) is 23.7 Å². The molecule has 1 saturated heterocycles. The van der Waals surface area contributed by atoms with Gasteiger partial charge in [0.25, 0.3) is 0 Å². The van der Waals surface area contributed by atoms with Gasteiger partial charge in [0.05, 0.1) is 35.6 Å². The summed E-state index contributed by atoms with van der Waals surface area (Å²) in [5.74, 6) is -6.67. The van der Waals surface area contributed by atoms with E-state index in [1.165, 1.54) is 26.0 Å². The monoisotopic (exact) mass is 833 g/mol. The molecule has 1 heterocycles. The van der Waals surface area contributed by atoms with Gasteiger partial charge in [0.15, 0.2) is 23.6 Å². The Hall–Kier alpha value is -4.96. The van der Waals surface area contributed by atoms with Crippen LogP contribution in [0.4, 0.5) is 0 Å². The van der Waals surface area contributed by atoms with Crippen molar-refractivity contribution in [3.8, 4) is 0 Å². The SMILES string of the molecule is CC(=O)O[C@@H]1C(=O)[C@@]2(C)[C@H](C(OC(=O)c3ccccc3)[C@]3(O)CC(OC(=O)C(O)[C@@H](NC(=O)C(C)(C)C)c4ccccc4)C(C)=C1C3(C)C)[C@]1(OC(C)=O)CO[C@@H]1C[C@@H]2O. The number of nitrogens with one attached hydrogen (secondary N) is 1. The summed E-state index contributed by atoms with van der Waals surface area (Å²) < 4.78 is 30.2. The Morgan fingerprint density at radius 3 is 2.03 bits per heavy atom. The molecule has 0 aromatic heterocycles. The molecule has 15 heteroatoms. The summed E-state index contributed by atoms with van der Waals surface area (Å²) in [4.78, 5) is 83.1. The number of rotatable bonds is 9. The van der Waals surface area contributed by atoms with Crippen molar-refractivity contribution in [2.45, 2.75) is 129 Å². The number of carbonyl (C=O) groups excluding carboxylic acids is 6. The summed E-state index contributed by atoms with van der Waals surface area (Å²) in [6, 6.07) is 14.9. The second-order valence-corrected chi connectivity index (χ2v) is 18.2. The van der Waals surface area contributed by atoms with E-state index in [0.717, 1.165) is 13.8 Å². The fraction of sp³-hybridized carbons (Fsp3) is 0.556. The highest BCUT2D eigenvalue weighted by Gasteiger charge is 2.78. The van der Waals surface area contributed by atoms with Gasteiger partial charge in [0.1, 0.15) is 23.9 Å². The maximum absolute atomic E-state index is 15.4. The summed E-state index contributed by atoms with van der Waals surface area (Å²) in [6.07, 6.45) is -10.4. The van der Waals surface area contributed by atoms with E-state index in [1.54, 1.807) is 83.1 Å². The van der Waals surface area contributed by atoms with Crippen LogP contribution in [-0.4, -0.2) is 105 Å². The molecule has 4 aliphatic rings. The number of aliphatic hydroxyl groups is 3. The molecule has 2 aromatic rings. The Balaban J connectivity index is 1.56. The van der Waals surface area contributed by atoms with Gasteiger partial charge < -0.3 is 44.3 Å². The number of carbonyl (C=O) groups is 6. The number of hydrogen-bond donors (Lipinski definition) is 4. The summed E-state index contributed by atoms with van der Waals surface area (Å²) in [5, 5.41) is 40.1. The Morgan fingerprint density at radius 2 is 1.50 bits per heavy atom. The van der Waals surface area contributed by atoms with Gasteiger partial charge in [-0.15, -0.1) is 0 Å². The first-order chi connectivity index (χ1) is 27.9. The second kappa shape index (κ2) is 15.8. The van der Waals surface area contributed by atoms with Gasteiger partial charge in [-0.3, -0.25) is 19.2 Å². The summed E-state index contributed by atoms with van der Waals surface area (Å²) in [7, 11) is 0. The minimum Gasteiger partial charge on any atom is -0.456 e. The molecule has 2 aromatic carbocycles. The molecule has 1 aliphatic heterocycles. The molecule has 3 fully saturated rings. The molecular formula is C45H55NO14. The van der Waals surface area contributed by atoms with Gasteiger partial charge >= 0.3 is 23.9 Å². The largest absolute Gasteiger partial charge is 0.456 e. The molecule has 324 valence electrons. The Labute approximate surface area is 348 Å². The molecule has 11 atom stereocenters. The molecule has 6 rings (SSSR count). The number of Topliss-reactive ketones (excluding diaryl/α,β-unsaturated/α-hetero) is 1. The van der Waals surface area contributed by atoms with E-state index in [-0.39, 0.29) is 29.7 Å².